The van der Waals surface area contributed by atoms with Crippen molar-refractivity contribution in [2.75, 3.05) is 6.54 Å². The summed E-state index contributed by atoms with van der Waals surface area (Å²) in [5, 5.41) is 0. The molecule has 25 heavy (non-hydrogen) atoms. The van der Waals surface area contributed by atoms with Gasteiger partial charge in [-0.1, -0.05) is 43.7 Å². The number of H-pyrrole nitrogens is 1. The van der Waals surface area contributed by atoms with E-state index in [1.807, 2.05) is 44.2 Å². The average molecular weight is 362 g/mol. The second-order valence-electron chi connectivity index (χ2n) is 6.59. The summed E-state index contributed by atoms with van der Waals surface area (Å²) in [4.78, 5) is 7.67. The van der Waals surface area contributed by atoms with E-state index >= 15 is 0 Å². The summed E-state index contributed by atoms with van der Waals surface area (Å²) in [5.41, 5.74) is 1.92. The molecule has 0 radical (unpaired) electrons. The number of nitrogens with zero attached hydrogens (tertiary/aromatic N) is 2. The first kappa shape index (κ1) is 18.1. The molecule has 136 valence electrons. The molecule has 2 unspecified atom stereocenters. The Hall–Kier alpha value is -1.70. The van der Waals surface area contributed by atoms with Gasteiger partial charge in [0.05, 0.1) is 17.9 Å². The lowest BCUT2D eigenvalue weighted by molar-refractivity contribution is 0.263. The van der Waals surface area contributed by atoms with Crippen molar-refractivity contribution < 1.29 is 8.42 Å². The third-order valence-corrected chi connectivity index (χ3v) is 6.50. The molecule has 0 saturated carbocycles. The van der Waals surface area contributed by atoms with Crippen LogP contribution in [0.25, 0.3) is 11.3 Å². The number of hydrogen-bond donors (Lipinski definition) is 2. The van der Waals surface area contributed by atoms with Gasteiger partial charge >= 0.3 is 0 Å². The van der Waals surface area contributed by atoms with E-state index in [2.05, 4.69) is 14.7 Å². The Morgan fingerprint density at radius 3 is 2.76 bits per heavy atom. The minimum absolute atomic E-state index is 0.0419. The van der Waals surface area contributed by atoms with E-state index in [1.165, 1.54) is 0 Å². The fourth-order valence-corrected chi connectivity index (χ4v) is 5.01. The zero-order chi connectivity index (χ0) is 17.9. The summed E-state index contributed by atoms with van der Waals surface area (Å²) in [5.74, 6) is 0.648. The van der Waals surface area contributed by atoms with Gasteiger partial charge in [-0.3, -0.25) is 0 Å². The van der Waals surface area contributed by atoms with Crippen molar-refractivity contribution in [3.63, 3.8) is 0 Å². The largest absolute Gasteiger partial charge is 0.341 e. The van der Waals surface area contributed by atoms with Gasteiger partial charge in [0.2, 0.25) is 0 Å². The van der Waals surface area contributed by atoms with Gasteiger partial charge in [-0.15, -0.1) is 0 Å². The van der Waals surface area contributed by atoms with Gasteiger partial charge in [-0.25, -0.2) is 4.98 Å². The lowest BCUT2D eigenvalue weighted by Crippen LogP contribution is -2.48. The molecular weight excluding hydrogens is 336 g/mol. The highest BCUT2D eigenvalue weighted by Gasteiger charge is 2.31. The molecule has 0 amide bonds. The zero-order valence-corrected chi connectivity index (χ0v) is 15.6. The van der Waals surface area contributed by atoms with Crippen molar-refractivity contribution >= 4 is 10.2 Å². The van der Waals surface area contributed by atoms with Crippen molar-refractivity contribution in [1.29, 1.82) is 0 Å². The van der Waals surface area contributed by atoms with E-state index < -0.39 is 10.2 Å². The molecule has 1 fully saturated rings. The lowest BCUT2D eigenvalue weighted by atomic mass is 10.1. The predicted molar refractivity (Wildman–Crippen MR) is 99.1 cm³/mol. The monoisotopic (exact) mass is 362 g/mol. The molecule has 1 aromatic carbocycles. The van der Waals surface area contributed by atoms with Crippen LogP contribution in [0.15, 0.2) is 36.5 Å². The van der Waals surface area contributed by atoms with Crippen LogP contribution in [-0.4, -0.2) is 35.3 Å². The van der Waals surface area contributed by atoms with Gasteiger partial charge in [0.25, 0.3) is 10.2 Å². The van der Waals surface area contributed by atoms with Crippen LogP contribution in [0.5, 0.6) is 0 Å². The quantitative estimate of drug-likeness (QED) is 0.828. The zero-order valence-electron chi connectivity index (χ0n) is 14.8. The predicted octanol–water partition coefficient (Wildman–Crippen LogP) is 3.24. The summed E-state index contributed by atoms with van der Waals surface area (Å²) in [6.45, 7) is 4.51. The third kappa shape index (κ3) is 4.11. The minimum Gasteiger partial charge on any atom is -0.341 e. The molecule has 1 aliphatic heterocycles. The number of nitrogens with one attached hydrogen (secondary N) is 2. The molecule has 2 heterocycles. The van der Waals surface area contributed by atoms with Gasteiger partial charge in [0.15, 0.2) is 0 Å². The molecule has 1 saturated heterocycles. The van der Waals surface area contributed by atoms with Gasteiger partial charge in [-0.05, 0) is 31.7 Å². The van der Waals surface area contributed by atoms with Gasteiger partial charge in [0, 0.05) is 12.6 Å². The average Bonchev–Trinajstić information content (AvgIpc) is 3.11. The van der Waals surface area contributed by atoms with E-state index in [0.29, 0.717) is 18.8 Å². The van der Waals surface area contributed by atoms with Crippen LogP contribution in [-0.2, 0) is 10.2 Å². The minimum atomic E-state index is -3.52. The van der Waals surface area contributed by atoms with Crippen molar-refractivity contribution in [2.45, 2.75) is 51.6 Å². The summed E-state index contributed by atoms with van der Waals surface area (Å²) in [7, 11) is -3.52. The van der Waals surface area contributed by atoms with E-state index in [4.69, 9.17) is 0 Å². The third-order valence-electron chi connectivity index (χ3n) is 4.76. The summed E-state index contributed by atoms with van der Waals surface area (Å²) < 4.78 is 30.0. The van der Waals surface area contributed by atoms with Crippen molar-refractivity contribution in [3.05, 3.63) is 42.4 Å². The highest BCUT2D eigenvalue weighted by molar-refractivity contribution is 7.87. The number of hydrogen-bond acceptors (Lipinski definition) is 3. The summed E-state index contributed by atoms with van der Waals surface area (Å²) >= 11 is 0. The standard InChI is InChI=1S/C18H26N4O2S/c1-3-16(21-25(23,24)22-12-8-7-9-14(22)2)18-19-13-17(20-18)15-10-5-4-6-11-15/h4-6,10-11,13-14,16,21H,3,7-9,12H2,1-2H3,(H,19,20). The number of benzene rings is 1. The van der Waals surface area contributed by atoms with E-state index in [1.54, 1.807) is 10.5 Å². The fraction of sp³-hybridized carbons (Fsp3) is 0.500. The Bertz CT molecular complexity index is 788. The second kappa shape index (κ2) is 7.68. The molecule has 1 aliphatic rings. The van der Waals surface area contributed by atoms with Crippen molar-refractivity contribution in [3.8, 4) is 11.3 Å². The Balaban J connectivity index is 1.77. The number of imidazole rings is 1. The maximum Gasteiger partial charge on any atom is 0.280 e. The van der Waals surface area contributed by atoms with Crippen LogP contribution in [0.3, 0.4) is 0 Å². The molecule has 1 aromatic heterocycles. The van der Waals surface area contributed by atoms with Crippen LogP contribution in [0.2, 0.25) is 0 Å². The first-order valence-electron chi connectivity index (χ1n) is 8.90. The molecule has 2 atom stereocenters. The SMILES string of the molecule is CCC(NS(=O)(=O)N1CCCCC1C)c1ncc(-c2ccccc2)[nH]1. The fourth-order valence-electron chi connectivity index (χ4n) is 3.29. The molecule has 2 aromatic rings. The van der Waals surface area contributed by atoms with Gasteiger partial charge < -0.3 is 4.98 Å². The first-order chi connectivity index (χ1) is 12.0. The smallest absolute Gasteiger partial charge is 0.280 e. The number of piperidine rings is 1. The van der Waals surface area contributed by atoms with E-state index in [-0.39, 0.29) is 12.1 Å². The summed E-state index contributed by atoms with van der Waals surface area (Å²) in [6, 6.07) is 9.57. The topological polar surface area (TPSA) is 78.1 Å². The van der Waals surface area contributed by atoms with Crippen LogP contribution in [0.4, 0.5) is 0 Å². The van der Waals surface area contributed by atoms with Gasteiger partial charge in [0.1, 0.15) is 5.82 Å². The molecular formula is C18H26N4O2S. The first-order valence-corrected chi connectivity index (χ1v) is 10.3. The maximum absolute atomic E-state index is 12.8. The molecule has 0 aliphatic carbocycles. The Kier molecular flexibility index (Phi) is 5.56. The van der Waals surface area contributed by atoms with Crippen LogP contribution in [0, 0.1) is 0 Å². The highest BCUT2D eigenvalue weighted by Crippen LogP contribution is 2.24. The maximum atomic E-state index is 12.8. The normalized spacial score (nSPS) is 20.5. The number of aromatic amines is 1. The van der Waals surface area contributed by atoms with Crippen LogP contribution in [0.1, 0.15) is 51.4 Å². The summed E-state index contributed by atoms with van der Waals surface area (Å²) in [6.07, 6.45) is 5.30. The molecule has 7 heteroatoms. The molecule has 0 spiro atoms. The van der Waals surface area contributed by atoms with E-state index in [9.17, 15) is 8.42 Å². The molecule has 0 bridgehead atoms. The highest BCUT2D eigenvalue weighted by atomic mass is 32.2. The van der Waals surface area contributed by atoms with Crippen molar-refractivity contribution in [2.24, 2.45) is 0 Å². The molecule has 6 nitrogen and oxygen atoms in total. The number of aromatic nitrogens is 2. The van der Waals surface area contributed by atoms with E-state index in [0.717, 1.165) is 30.5 Å². The molecule has 2 N–H and O–H groups in total. The Morgan fingerprint density at radius 2 is 2.08 bits per heavy atom. The Morgan fingerprint density at radius 1 is 1.32 bits per heavy atom. The van der Waals surface area contributed by atoms with Crippen molar-refractivity contribution in [1.82, 2.24) is 19.0 Å². The lowest BCUT2D eigenvalue weighted by Gasteiger charge is -2.33. The number of rotatable bonds is 6. The molecule has 3 rings (SSSR count). The van der Waals surface area contributed by atoms with Gasteiger partial charge in [-0.2, -0.15) is 17.4 Å². The second-order valence-corrected chi connectivity index (χ2v) is 8.24. The van der Waals surface area contributed by atoms with Crippen LogP contribution < -0.4 is 4.72 Å². The Labute approximate surface area is 149 Å². The van der Waals surface area contributed by atoms with Crippen LogP contribution >= 0.6 is 0 Å².